The third kappa shape index (κ3) is 2.91. The molecule has 3 heterocycles. The first kappa shape index (κ1) is 16.6. The van der Waals surface area contributed by atoms with E-state index in [4.69, 9.17) is 0 Å². The van der Waals surface area contributed by atoms with Gasteiger partial charge >= 0.3 is 0 Å². The number of pyridine rings is 1. The molecule has 1 N–H and O–H groups in total. The maximum absolute atomic E-state index is 12.8. The highest BCUT2D eigenvalue weighted by Crippen LogP contribution is 2.26. The molecule has 5 rings (SSSR count). The van der Waals surface area contributed by atoms with Crippen LogP contribution in [0.4, 0.5) is 5.82 Å². The summed E-state index contributed by atoms with van der Waals surface area (Å²) in [5.41, 5.74) is 5.29. The molecule has 0 saturated carbocycles. The van der Waals surface area contributed by atoms with Crippen molar-refractivity contribution in [3.63, 3.8) is 0 Å². The van der Waals surface area contributed by atoms with E-state index in [9.17, 15) is 4.79 Å². The number of nitrogens with one attached hydrogen (secondary N) is 1. The molecule has 0 aliphatic carbocycles. The van der Waals surface area contributed by atoms with Crippen molar-refractivity contribution in [2.24, 2.45) is 7.05 Å². The highest BCUT2D eigenvalue weighted by Gasteiger charge is 2.13. The minimum absolute atomic E-state index is 0.190. The smallest absolute Gasteiger partial charge is 0.258 e. The van der Waals surface area contributed by atoms with Crippen LogP contribution in [0, 0.1) is 0 Å². The van der Waals surface area contributed by atoms with Gasteiger partial charge in [-0.15, -0.1) is 11.3 Å². The van der Waals surface area contributed by atoms with E-state index in [0.717, 1.165) is 32.1 Å². The maximum atomic E-state index is 12.8. The molecule has 0 fully saturated rings. The zero-order chi connectivity index (χ0) is 19.1. The summed E-state index contributed by atoms with van der Waals surface area (Å²) < 4.78 is 2.65. The highest BCUT2D eigenvalue weighted by atomic mass is 32.1. The molecule has 0 aliphatic heterocycles. The van der Waals surface area contributed by atoms with Crippen molar-refractivity contribution in [3.05, 3.63) is 72.1 Å². The molecule has 0 unspecified atom stereocenters. The number of nitrogens with zero attached hydrogens (tertiary/aromatic N) is 4. The third-order valence-corrected chi connectivity index (χ3v) is 5.48. The van der Waals surface area contributed by atoms with E-state index in [-0.39, 0.29) is 5.91 Å². The van der Waals surface area contributed by atoms with Crippen molar-refractivity contribution in [1.82, 2.24) is 19.7 Å². The third-order valence-electron chi connectivity index (χ3n) is 4.60. The largest absolute Gasteiger partial charge is 0.307 e. The number of carbonyl (C=O) groups excluding carboxylic acids is 1. The van der Waals surface area contributed by atoms with Gasteiger partial charge in [0.25, 0.3) is 5.91 Å². The van der Waals surface area contributed by atoms with E-state index < -0.39 is 0 Å². The summed E-state index contributed by atoms with van der Waals surface area (Å²) in [5.74, 6) is 0.326. The zero-order valence-corrected chi connectivity index (χ0v) is 15.8. The van der Waals surface area contributed by atoms with Crippen LogP contribution in [0.5, 0.6) is 0 Å². The molecule has 28 heavy (non-hydrogen) atoms. The molecule has 0 radical (unpaired) electrons. The number of carbonyl (C=O) groups is 1. The van der Waals surface area contributed by atoms with Crippen molar-refractivity contribution in [1.29, 1.82) is 0 Å². The number of aromatic nitrogens is 4. The number of anilines is 1. The number of fused-ring (bicyclic) bond motifs is 2. The summed E-state index contributed by atoms with van der Waals surface area (Å²) in [6.45, 7) is 0. The van der Waals surface area contributed by atoms with Crippen LogP contribution >= 0.6 is 11.3 Å². The first-order chi connectivity index (χ1) is 13.7. The summed E-state index contributed by atoms with van der Waals surface area (Å²) in [4.78, 5) is 21.4. The first-order valence-corrected chi connectivity index (χ1v) is 9.58. The molecule has 0 aliphatic rings. The maximum Gasteiger partial charge on any atom is 0.258 e. The van der Waals surface area contributed by atoms with Gasteiger partial charge in [0.2, 0.25) is 0 Å². The molecule has 3 aromatic heterocycles. The number of hydrogen-bond acceptors (Lipinski definition) is 5. The number of amides is 1. The van der Waals surface area contributed by atoms with Gasteiger partial charge < -0.3 is 5.32 Å². The van der Waals surface area contributed by atoms with Gasteiger partial charge in [-0.25, -0.2) is 9.97 Å². The molecule has 136 valence electrons. The van der Waals surface area contributed by atoms with Crippen LogP contribution in [0.2, 0.25) is 0 Å². The average molecular weight is 385 g/mol. The lowest BCUT2D eigenvalue weighted by atomic mass is 10.1. The summed E-state index contributed by atoms with van der Waals surface area (Å²) in [6.07, 6.45) is 5.58. The summed E-state index contributed by atoms with van der Waals surface area (Å²) in [7, 11) is 1.89. The zero-order valence-electron chi connectivity index (χ0n) is 15.0. The minimum Gasteiger partial charge on any atom is -0.307 e. The van der Waals surface area contributed by atoms with Crippen LogP contribution in [0.25, 0.3) is 32.1 Å². The number of rotatable bonds is 3. The van der Waals surface area contributed by atoms with Gasteiger partial charge in [0.1, 0.15) is 5.82 Å². The quantitative estimate of drug-likeness (QED) is 0.496. The fraction of sp³-hybridized carbons (Fsp3) is 0.0476. The highest BCUT2D eigenvalue weighted by molar-refractivity contribution is 7.17. The Morgan fingerprint density at radius 3 is 2.82 bits per heavy atom. The number of aryl methyl sites for hydroxylation is 1. The van der Waals surface area contributed by atoms with Crippen molar-refractivity contribution < 1.29 is 4.79 Å². The monoisotopic (exact) mass is 385 g/mol. The second kappa shape index (κ2) is 6.54. The van der Waals surface area contributed by atoms with Crippen molar-refractivity contribution in [3.8, 4) is 11.1 Å². The molecule has 0 atom stereocenters. The SMILES string of the molecule is Cn1cc(-c2ccc3cnc(NC(=O)c4cccc5ncsc45)cc3c2)cn1. The molecule has 0 spiro atoms. The molecule has 5 aromatic rings. The molecule has 2 aromatic carbocycles. The molecular formula is C21H15N5OS. The minimum atomic E-state index is -0.190. The Hall–Kier alpha value is -3.58. The lowest BCUT2D eigenvalue weighted by Gasteiger charge is -2.07. The van der Waals surface area contributed by atoms with Gasteiger partial charge in [-0.3, -0.25) is 9.48 Å². The summed E-state index contributed by atoms with van der Waals surface area (Å²) >= 11 is 1.46. The fourth-order valence-electron chi connectivity index (χ4n) is 3.21. The Labute approximate surface area is 164 Å². The van der Waals surface area contributed by atoms with Crippen LogP contribution in [0.3, 0.4) is 0 Å². The van der Waals surface area contributed by atoms with Crippen molar-refractivity contribution >= 4 is 44.1 Å². The topological polar surface area (TPSA) is 72.7 Å². The molecule has 7 heteroatoms. The van der Waals surface area contributed by atoms with E-state index in [0.29, 0.717) is 11.4 Å². The number of benzene rings is 2. The summed E-state index contributed by atoms with van der Waals surface area (Å²) in [5, 5.41) is 9.15. The predicted octanol–water partition coefficient (Wildman–Crippen LogP) is 4.50. The van der Waals surface area contributed by atoms with Crippen LogP contribution in [-0.2, 0) is 7.05 Å². The van der Waals surface area contributed by atoms with Gasteiger partial charge in [-0.2, -0.15) is 5.10 Å². The Morgan fingerprint density at radius 2 is 1.96 bits per heavy atom. The van der Waals surface area contributed by atoms with Crippen molar-refractivity contribution in [2.75, 3.05) is 5.32 Å². The van der Waals surface area contributed by atoms with Crippen LogP contribution in [0.15, 0.2) is 66.6 Å². The van der Waals surface area contributed by atoms with Crippen LogP contribution < -0.4 is 5.32 Å². The predicted molar refractivity (Wildman–Crippen MR) is 112 cm³/mol. The lowest BCUT2D eigenvalue weighted by Crippen LogP contribution is -2.13. The van der Waals surface area contributed by atoms with Gasteiger partial charge in [0.05, 0.1) is 27.5 Å². The number of thiazole rings is 1. The van der Waals surface area contributed by atoms with Gasteiger partial charge in [-0.1, -0.05) is 18.2 Å². The Morgan fingerprint density at radius 1 is 1.04 bits per heavy atom. The molecule has 0 bridgehead atoms. The molecule has 0 saturated heterocycles. The fourth-order valence-corrected chi connectivity index (χ4v) is 4.01. The van der Waals surface area contributed by atoms with E-state index in [1.165, 1.54) is 11.3 Å². The van der Waals surface area contributed by atoms with E-state index in [2.05, 4.69) is 26.4 Å². The van der Waals surface area contributed by atoms with Gasteiger partial charge in [0.15, 0.2) is 0 Å². The van der Waals surface area contributed by atoms with Gasteiger partial charge in [-0.05, 0) is 35.2 Å². The number of hydrogen-bond donors (Lipinski definition) is 1. The molecule has 6 nitrogen and oxygen atoms in total. The Kier molecular flexibility index (Phi) is 3.87. The summed E-state index contributed by atoms with van der Waals surface area (Å²) in [6, 6.07) is 13.6. The van der Waals surface area contributed by atoms with Gasteiger partial charge in [0, 0.05) is 30.4 Å². The second-order valence-corrected chi connectivity index (χ2v) is 7.35. The normalized spacial score (nSPS) is 11.2. The van der Waals surface area contributed by atoms with Crippen LogP contribution in [-0.4, -0.2) is 25.7 Å². The second-order valence-electron chi connectivity index (χ2n) is 6.49. The molecular weight excluding hydrogens is 370 g/mol. The average Bonchev–Trinajstić information content (AvgIpc) is 3.36. The van der Waals surface area contributed by atoms with E-state index in [1.807, 2.05) is 49.8 Å². The van der Waals surface area contributed by atoms with Crippen molar-refractivity contribution in [2.45, 2.75) is 0 Å². The Bertz CT molecular complexity index is 1340. The van der Waals surface area contributed by atoms with E-state index >= 15 is 0 Å². The van der Waals surface area contributed by atoms with Crippen LogP contribution in [0.1, 0.15) is 10.4 Å². The standard InChI is InChI=1S/C21H15N5OS/c1-26-11-16(10-24-26)13-5-6-14-9-22-19(8-15(14)7-13)25-21(27)17-3-2-4-18-20(17)28-12-23-18/h2-12H,1H3,(H,22,25,27). The Balaban J connectivity index is 1.49. The lowest BCUT2D eigenvalue weighted by molar-refractivity contribution is 0.102. The first-order valence-electron chi connectivity index (χ1n) is 8.70. The molecule has 1 amide bonds. The van der Waals surface area contributed by atoms with E-state index in [1.54, 1.807) is 22.5 Å².